The van der Waals surface area contributed by atoms with E-state index < -0.39 is 0 Å². The second kappa shape index (κ2) is 5.82. The maximum atomic E-state index is 11.7. The zero-order chi connectivity index (χ0) is 13.0. The van der Waals surface area contributed by atoms with Crippen molar-refractivity contribution in [2.45, 2.75) is 6.92 Å². The molecular formula is C13H19N3O2. The Labute approximate surface area is 107 Å². The normalized spacial score (nSPS) is 15.9. The average molecular weight is 249 g/mol. The molecule has 0 unspecified atom stereocenters. The standard InChI is InChI=1S/C13H19N3O2/c1-11-3-4-12(14-9-11)15-5-7-16(8-6-15)13(17)10-18-2/h3-4,9H,5-8,10H2,1-2H3. The molecule has 98 valence electrons. The summed E-state index contributed by atoms with van der Waals surface area (Å²) in [5, 5.41) is 0. The summed E-state index contributed by atoms with van der Waals surface area (Å²) in [5.74, 6) is 1.05. The summed E-state index contributed by atoms with van der Waals surface area (Å²) in [6, 6.07) is 4.09. The number of nitrogens with zero attached hydrogens (tertiary/aromatic N) is 3. The first-order valence-corrected chi connectivity index (χ1v) is 6.15. The minimum atomic E-state index is 0.0639. The lowest BCUT2D eigenvalue weighted by Crippen LogP contribution is -2.49. The Balaban J connectivity index is 1.90. The molecule has 0 aliphatic carbocycles. The summed E-state index contributed by atoms with van der Waals surface area (Å²) in [5.41, 5.74) is 1.16. The lowest BCUT2D eigenvalue weighted by atomic mass is 10.2. The Morgan fingerprint density at radius 3 is 2.61 bits per heavy atom. The van der Waals surface area contributed by atoms with Gasteiger partial charge in [-0.15, -0.1) is 0 Å². The fourth-order valence-corrected chi connectivity index (χ4v) is 2.05. The zero-order valence-electron chi connectivity index (χ0n) is 10.9. The Hall–Kier alpha value is -1.62. The number of piperazine rings is 1. The summed E-state index contributed by atoms with van der Waals surface area (Å²) >= 11 is 0. The van der Waals surface area contributed by atoms with Crippen LogP contribution in [0, 0.1) is 6.92 Å². The number of carbonyl (C=O) groups is 1. The predicted octanol–water partition coefficient (Wildman–Crippen LogP) is 0.685. The van der Waals surface area contributed by atoms with Gasteiger partial charge < -0.3 is 14.5 Å². The first kappa shape index (κ1) is 12.8. The van der Waals surface area contributed by atoms with Crippen LogP contribution in [0.15, 0.2) is 18.3 Å². The molecule has 0 atom stereocenters. The molecular weight excluding hydrogens is 230 g/mol. The van der Waals surface area contributed by atoms with Gasteiger partial charge in [0.15, 0.2) is 0 Å². The number of carbonyl (C=O) groups excluding carboxylic acids is 1. The molecule has 1 saturated heterocycles. The Bertz CT molecular complexity index is 397. The number of methoxy groups -OCH3 is 1. The second-order valence-corrected chi connectivity index (χ2v) is 4.49. The number of hydrogen-bond donors (Lipinski definition) is 0. The van der Waals surface area contributed by atoms with E-state index in [1.807, 2.05) is 24.1 Å². The van der Waals surface area contributed by atoms with Crippen molar-refractivity contribution in [2.75, 3.05) is 44.8 Å². The Morgan fingerprint density at radius 1 is 1.33 bits per heavy atom. The number of anilines is 1. The summed E-state index contributed by atoms with van der Waals surface area (Å²) in [6.07, 6.45) is 1.87. The van der Waals surface area contributed by atoms with E-state index in [-0.39, 0.29) is 12.5 Å². The molecule has 0 saturated carbocycles. The van der Waals surface area contributed by atoms with Crippen molar-refractivity contribution in [3.05, 3.63) is 23.9 Å². The van der Waals surface area contributed by atoms with E-state index in [0.29, 0.717) is 0 Å². The van der Waals surface area contributed by atoms with Crippen molar-refractivity contribution < 1.29 is 9.53 Å². The predicted molar refractivity (Wildman–Crippen MR) is 69.6 cm³/mol. The molecule has 1 aromatic rings. The molecule has 1 aliphatic heterocycles. The number of amides is 1. The summed E-state index contributed by atoms with van der Waals surface area (Å²) in [6.45, 7) is 5.31. The maximum absolute atomic E-state index is 11.7. The van der Waals surface area contributed by atoms with Gasteiger partial charge in [-0.3, -0.25) is 4.79 Å². The van der Waals surface area contributed by atoms with Crippen LogP contribution in [0.1, 0.15) is 5.56 Å². The van der Waals surface area contributed by atoms with Crippen molar-refractivity contribution >= 4 is 11.7 Å². The summed E-state index contributed by atoms with van der Waals surface area (Å²) in [4.78, 5) is 20.1. The highest BCUT2D eigenvalue weighted by Crippen LogP contribution is 2.13. The largest absolute Gasteiger partial charge is 0.375 e. The highest BCUT2D eigenvalue weighted by Gasteiger charge is 2.21. The van der Waals surface area contributed by atoms with Crippen LogP contribution in [-0.4, -0.2) is 55.7 Å². The smallest absolute Gasteiger partial charge is 0.248 e. The molecule has 1 amide bonds. The van der Waals surface area contributed by atoms with Gasteiger partial charge in [-0.2, -0.15) is 0 Å². The molecule has 18 heavy (non-hydrogen) atoms. The van der Waals surface area contributed by atoms with Gasteiger partial charge in [0.2, 0.25) is 5.91 Å². The average Bonchev–Trinajstić information content (AvgIpc) is 2.40. The van der Waals surface area contributed by atoms with Crippen LogP contribution in [0.25, 0.3) is 0 Å². The molecule has 0 aromatic carbocycles. The number of hydrogen-bond acceptors (Lipinski definition) is 4. The number of aromatic nitrogens is 1. The first-order chi connectivity index (χ1) is 8.70. The third kappa shape index (κ3) is 2.98. The monoisotopic (exact) mass is 249 g/mol. The lowest BCUT2D eigenvalue weighted by Gasteiger charge is -2.35. The summed E-state index contributed by atoms with van der Waals surface area (Å²) < 4.78 is 4.86. The van der Waals surface area contributed by atoms with Gasteiger partial charge in [0, 0.05) is 39.5 Å². The highest BCUT2D eigenvalue weighted by molar-refractivity contribution is 5.77. The van der Waals surface area contributed by atoms with E-state index in [2.05, 4.69) is 16.0 Å². The SMILES string of the molecule is COCC(=O)N1CCN(c2ccc(C)cn2)CC1. The van der Waals surface area contributed by atoms with Gasteiger partial charge in [-0.1, -0.05) is 6.07 Å². The molecule has 0 radical (unpaired) electrons. The first-order valence-electron chi connectivity index (χ1n) is 6.15. The topological polar surface area (TPSA) is 45.7 Å². The van der Waals surface area contributed by atoms with E-state index in [1.54, 1.807) is 7.11 Å². The van der Waals surface area contributed by atoms with Gasteiger partial charge in [0.05, 0.1) is 0 Å². The van der Waals surface area contributed by atoms with Crippen LogP contribution in [0.5, 0.6) is 0 Å². The lowest BCUT2D eigenvalue weighted by molar-refractivity contribution is -0.135. The van der Waals surface area contributed by atoms with E-state index in [9.17, 15) is 4.79 Å². The molecule has 1 fully saturated rings. The van der Waals surface area contributed by atoms with E-state index in [0.717, 1.165) is 37.6 Å². The highest BCUT2D eigenvalue weighted by atomic mass is 16.5. The Morgan fingerprint density at radius 2 is 2.06 bits per heavy atom. The van der Waals surface area contributed by atoms with Crippen molar-refractivity contribution in [1.82, 2.24) is 9.88 Å². The maximum Gasteiger partial charge on any atom is 0.248 e. The minimum Gasteiger partial charge on any atom is -0.375 e. The van der Waals surface area contributed by atoms with Gasteiger partial charge >= 0.3 is 0 Å². The summed E-state index contributed by atoms with van der Waals surface area (Å²) in [7, 11) is 1.55. The van der Waals surface area contributed by atoms with Gasteiger partial charge in [0.1, 0.15) is 12.4 Å². The second-order valence-electron chi connectivity index (χ2n) is 4.49. The fraction of sp³-hybridized carbons (Fsp3) is 0.538. The minimum absolute atomic E-state index is 0.0639. The van der Waals surface area contributed by atoms with Crippen LogP contribution in [0.4, 0.5) is 5.82 Å². The molecule has 1 aliphatic rings. The van der Waals surface area contributed by atoms with E-state index >= 15 is 0 Å². The molecule has 2 heterocycles. The van der Waals surface area contributed by atoms with Gasteiger partial charge in [-0.05, 0) is 18.6 Å². The van der Waals surface area contributed by atoms with Crippen molar-refractivity contribution in [1.29, 1.82) is 0 Å². The molecule has 0 N–H and O–H groups in total. The van der Waals surface area contributed by atoms with E-state index in [1.165, 1.54) is 0 Å². The van der Waals surface area contributed by atoms with Gasteiger partial charge in [0.25, 0.3) is 0 Å². The van der Waals surface area contributed by atoms with Crippen LogP contribution >= 0.6 is 0 Å². The fourth-order valence-electron chi connectivity index (χ4n) is 2.05. The van der Waals surface area contributed by atoms with Crippen LogP contribution < -0.4 is 4.90 Å². The molecule has 1 aromatic heterocycles. The van der Waals surface area contributed by atoms with E-state index in [4.69, 9.17) is 4.74 Å². The number of ether oxygens (including phenoxy) is 1. The quantitative estimate of drug-likeness (QED) is 0.790. The van der Waals surface area contributed by atoms with Crippen molar-refractivity contribution in [3.63, 3.8) is 0 Å². The third-order valence-corrected chi connectivity index (χ3v) is 3.12. The van der Waals surface area contributed by atoms with Crippen LogP contribution in [-0.2, 0) is 9.53 Å². The van der Waals surface area contributed by atoms with Crippen LogP contribution in [0.3, 0.4) is 0 Å². The number of rotatable bonds is 3. The zero-order valence-corrected chi connectivity index (χ0v) is 10.9. The molecule has 5 heteroatoms. The molecule has 5 nitrogen and oxygen atoms in total. The van der Waals surface area contributed by atoms with Crippen LogP contribution in [0.2, 0.25) is 0 Å². The number of aryl methyl sites for hydroxylation is 1. The third-order valence-electron chi connectivity index (χ3n) is 3.12. The molecule has 0 bridgehead atoms. The van der Waals surface area contributed by atoms with Crippen molar-refractivity contribution in [3.8, 4) is 0 Å². The Kier molecular flexibility index (Phi) is 4.15. The van der Waals surface area contributed by atoms with Gasteiger partial charge in [-0.25, -0.2) is 4.98 Å². The number of pyridine rings is 1. The molecule has 0 spiro atoms. The van der Waals surface area contributed by atoms with Crippen molar-refractivity contribution in [2.24, 2.45) is 0 Å². The molecule has 2 rings (SSSR count).